The Kier molecular flexibility index (Phi) is 5.53. The number of ether oxygens (including phenoxy) is 1. The molecule has 3 nitrogen and oxygen atoms in total. The van der Waals surface area contributed by atoms with Crippen LogP contribution in [0.15, 0.2) is 36.5 Å². The minimum absolute atomic E-state index is 0.0588. The number of hydrogen-bond acceptors (Lipinski definition) is 3. The van der Waals surface area contributed by atoms with Crippen molar-refractivity contribution >= 4 is 11.6 Å². The normalized spacial score (nSPS) is 12.2. The van der Waals surface area contributed by atoms with E-state index in [0.717, 1.165) is 17.8 Å². The van der Waals surface area contributed by atoms with E-state index in [0.29, 0.717) is 11.4 Å². The highest BCUT2D eigenvalue weighted by molar-refractivity contribution is 6.31. The van der Waals surface area contributed by atoms with Gasteiger partial charge in [0.15, 0.2) is 11.6 Å². The summed E-state index contributed by atoms with van der Waals surface area (Å²) in [5.74, 6) is -0.119. The third kappa shape index (κ3) is 3.93. The summed E-state index contributed by atoms with van der Waals surface area (Å²) in [6.07, 6.45) is 2.31. The Bertz CT molecular complexity index is 607. The second-order valence-corrected chi connectivity index (χ2v) is 5.06. The number of hydrogen-bond donors (Lipinski definition) is 1. The first kappa shape index (κ1) is 15.7. The van der Waals surface area contributed by atoms with E-state index in [1.54, 1.807) is 18.3 Å². The zero-order valence-corrected chi connectivity index (χ0v) is 12.8. The van der Waals surface area contributed by atoms with Gasteiger partial charge in [0.25, 0.3) is 0 Å². The molecular weight excluding hydrogens is 291 g/mol. The predicted molar refractivity (Wildman–Crippen MR) is 82.3 cm³/mol. The van der Waals surface area contributed by atoms with Crippen LogP contribution >= 0.6 is 11.6 Å². The maximum Gasteiger partial charge on any atom is 0.165 e. The van der Waals surface area contributed by atoms with E-state index in [9.17, 15) is 4.39 Å². The van der Waals surface area contributed by atoms with Crippen LogP contribution in [0.2, 0.25) is 5.02 Å². The monoisotopic (exact) mass is 308 g/mol. The van der Waals surface area contributed by atoms with Crippen LogP contribution in [0.4, 0.5) is 4.39 Å². The molecule has 1 heterocycles. The van der Waals surface area contributed by atoms with Gasteiger partial charge in [-0.1, -0.05) is 24.6 Å². The molecular formula is C16H18ClFN2O. The minimum atomic E-state index is -0.364. The highest BCUT2D eigenvalue weighted by Crippen LogP contribution is 2.25. The maximum absolute atomic E-state index is 13.8. The van der Waals surface area contributed by atoms with E-state index in [4.69, 9.17) is 16.3 Å². The van der Waals surface area contributed by atoms with Gasteiger partial charge in [0.05, 0.1) is 23.9 Å². The van der Waals surface area contributed by atoms with Crippen molar-refractivity contribution in [3.05, 3.63) is 58.6 Å². The molecule has 0 aliphatic rings. The van der Waals surface area contributed by atoms with Crippen molar-refractivity contribution in [2.45, 2.75) is 19.4 Å². The molecule has 0 spiro atoms. The number of halogens is 2. The summed E-state index contributed by atoms with van der Waals surface area (Å²) < 4.78 is 18.7. The van der Waals surface area contributed by atoms with Crippen molar-refractivity contribution < 1.29 is 9.13 Å². The number of nitrogens with one attached hydrogen (secondary N) is 1. The predicted octanol–water partition coefficient (Wildman–Crippen LogP) is 3.78. The SMILES string of the molecule is CCNC(Cc1ccc(OC)c(F)c1)c1ncccc1Cl. The van der Waals surface area contributed by atoms with Gasteiger partial charge in [-0.15, -0.1) is 0 Å². The Morgan fingerprint density at radius 3 is 2.81 bits per heavy atom. The topological polar surface area (TPSA) is 34.1 Å². The molecule has 0 saturated carbocycles. The summed E-state index contributed by atoms with van der Waals surface area (Å²) in [4.78, 5) is 4.34. The fourth-order valence-electron chi connectivity index (χ4n) is 2.24. The second-order valence-electron chi connectivity index (χ2n) is 4.65. The van der Waals surface area contributed by atoms with Crippen molar-refractivity contribution in [3.63, 3.8) is 0 Å². The van der Waals surface area contributed by atoms with Gasteiger partial charge in [-0.25, -0.2) is 4.39 Å². The first-order valence-electron chi connectivity index (χ1n) is 6.82. The first-order chi connectivity index (χ1) is 10.2. The van der Waals surface area contributed by atoms with Crippen molar-refractivity contribution in [2.24, 2.45) is 0 Å². The lowest BCUT2D eigenvalue weighted by atomic mass is 10.0. The van der Waals surface area contributed by atoms with Crippen molar-refractivity contribution in [1.29, 1.82) is 0 Å². The number of methoxy groups -OCH3 is 1. The average Bonchev–Trinajstić information content (AvgIpc) is 2.47. The number of benzene rings is 1. The lowest BCUT2D eigenvalue weighted by Crippen LogP contribution is -2.24. The largest absolute Gasteiger partial charge is 0.494 e. The summed E-state index contributed by atoms with van der Waals surface area (Å²) in [6.45, 7) is 2.79. The van der Waals surface area contributed by atoms with Gasteiger partial charge in [0.2, 0.25) is 0 Å². The van der Waals surface area contributed by atoms with E-state index in [1.807, 2.05) is 19.1 Å². The number of likely N-dealkylation sites (N-methyl/N-ethyl adjacent to an activating group) is 1. The fraction of sp³-hybridized carbons (Fsp3) is 0.312. The third-order valence-corrected chi connectivity index (χ3v) is 3.54. The van der Waals surface area contributed by atoms with Gasteiger partial charge in [-0.05, 0) is 42.8 Å². The summed E-state index contributed by atoms with van der Waals surface area (Å²) in [5, 5.41) is 3.94. The maximum atomic E-state index is 13.8. The molecule has 1 aromatic carbocycles. The minimum Gasteiger partial charge on any atom is -0.494 e. The molecule has 0 fully saturated rings. The number of pyridine rings is 1. The summed E-state index contributed by atoms with van der Waals surface area (Å²) in [6, 6.07) is 8.51. The van der Waals surface area contributed by atoms with Crippen molar-refractivity contribution in [2.75, 3.05) is 13.7 Å². The molecule has 0 saturated heterocycles. The molecule has 1 N–H and O–H groups in total. The number of aromatic nitrogens is 1. The molecule has 5 heteroatoms. The van der Waals surface area contributed by atoms with Gasteiger partial charge < -0.3 is 10.1 Å². The molecule has 0 aliphatic carbocycles. The van der Waals surface area contributed by atoms with Crippen LogP contribution in [0.5, 0.6) is 5.75 Å². The molecule has 1 aromatic heterocycles. The van der Waals surface area contributed by atoms with Crippen LogP contribution in [0.1, 0.15) is 24.2 Å². The third-order valence-electron chi connectivity index (χ3n) is 3.22. The smallest absolute Gasteiger partial charge is 0.165 e. The fourth-order valence-corrected chi connectivity index (χ4v) is 2.49. The molecule has 0 radical (unpaired) electrons. The van der Waals surface area contributed by atoms with Crippen molar-refractivity contribution in [1.82, 2.24) is 10.3 Å². The Morgan fingerprint density at radius 1 is 1.38 bits per heavy atom. The Morgan fingerprint density at radius 2 is 2.19 bits per heavy atom. The van der Waals surface area contributed by atoms with Gasteiger partial charge in [0, 0.05) is 6.20 Å². The van der Waals surface area contributed by atoms with E-state index < -0.39 is 0 Å². The Balaban J connectivity index is 2.24. The Hall–Kier alpha value is -1.65. The van der Waals surface area contributed by atoms with Crippen LogP contribution in [-0.4, -0.2) is 18.6 Å². The zero-order valence-electron chi connectivity index (χ0n) is 12.1. The van der Waals surface area contributed by atoms with E-state index >= 15 is 0 Å². The molecule has 0 amide bonds. The van der Waals surface area contributed by atoms with E-state index in [-0.39, 0.29) is 17.6 Å². The Labute approximate surface area is 129 Å². The van der Waals surface area contributed by atoms with E-state index in [1.165, 1.54) is 13.2 Å². The summed E-state index contributed by atoms with van der Waals surface area (Å²) >= 11 is 6.20. The molecule has 2 rings (SSSR count). The quantitative estimate of drug-likeness (QED) is 0.882. The van der Waals surface area contributed by atoms with Crippen LogP contribution in [-0.2, 0) is 6.42 Å². The molecule has 21 heavy (non-hydrogen) atoms. The highest BCUT2D eigenvalue weighted by Gasteiger charge is 2.16. The lowest BCUT2D eigenvalue weighted by Gasteiger charge is -2.19. The van der Waals surface area contributed by atoms with Crippen LogP contribution in [0, 0.1) is 5.82 Å². The average molecular weight is 309 g/mol. The van der Waals surface area contributed by atoms with Gasteiger partial charge in [-0.2, -0.15) is 0 Å². The summed E-state index contributed by atoms with van der Waals surface area (Å²) in [7, 11) is 1.45. The second kappa shape index (κ2) is 7.38. The molecule has 2 aromatic rings. The van der Waals surface area contributed by atoms with Crippen molar-refractivity contribution in [3.8, 4) is 5.75 Å². The standard InChI is InChI=1S/C16H18ClFN2O/c1-3-19-14(16-12(17)5-4-8-20-16)10-11-6-7-15(21-2)13(18)9-11/h4-9,14,19H,3,10H2,1-2H3. The zero-order chi connectivity index (χ0) is 15.2. The molecule has 0 bridgehead atoms. The number of nitrogens with zero attached hydrogens (tertiary/aromatic N) is 1. The molecule has 0 aliphatic heterocycles. The summed E-state index contributed by atoms with van der Waals surface area (Å²) in [5.41, 5.74) is 1.64. The highest BCUT2D eigenvalue weighted by atomic mass is 35.5. The lowest BCUT2D eigenvalue weighted by molar-refractivity contribution is 0.386. The number of rotatable bonds is 6. The van der Waals surface area contributed by atoms with Crippen LogP contribution in [0.3, 0.4) is 0 Å². The molecule has 112 valence electrons. The van der Waals surface area contributed by atoms with Gasteiger partial charge in [0.1, 0.15) is 0 Å². The van der Waals surface area contributed by atoms with Gasteiger partial charge in [-0.3, -0.25) is 4.98 Å². The molecule has 1 atom stereocenters. The van der Waals surface area contributed by atoms with E-state index in [2.05, 4.69) is 10.3 Å². The molecule has 1 unspecified atom stereocenters. The van der Waals surface area contributed by atoms with Gasteiger partial charge >= 0.3 is 0 Å². The first-order valence-corrected chi connectivity index (χ1v) is 7.19. The van der Waals surface area contributed by atoms with Crippen LogP contribution < -0.4 is 10.1 Å². The van der Waals surface area contributed by atoms with Crippen LogP contribution in [0.25, 0.3) is 0 Å².